The monoisotopic (exact) mass is 435 g/mol. The Morgan fingerprint density at radius 2 is 1.88 bits per heavy atom. The average Bonchev–Trinajstić information content (AvgIpc) is 2.79. The Morgan fingerprint density at radius 3 is 2.59 bits per heavy atom. The normalized spacial score (nSPS) is 10.7. The van der Waals surface area contributed by atoms with Gasteiger partial charge < -0.3 is 16.4 Å². The summed E-state index contributed by atoms with van der Waals surface area (Å²) < 4.78 is 14.4. The largest absolute Gasteiger partial charge is 0.364 e. The minimum atomic E-state index is -0.646. The number of primary amides is 1. The molecule has 0 saturated heterocycles. The summed E-state index contributed by atoms with van der Waals surface area (Å²) in [5.74, 6) is -1.18. The highest BCUT2D eigenvalue weighted by molar-refractivity contribution is 5.91. The van der Waals surface area contributed by atoms with Gasteiger partial charge in [0.05, 0.1) is 12.2 Å². The number of hydrogen-bond donors (Lipinski definition) is 4. The van der Waals surface area contributed by atoms with E-state index >= 15 is 0 Å². The molecule has 0 radical (unpaired) electrons. The third-order valence-electron chi connectivity index (χ3n) is 4.41. The number of rotatable bonds is 8. The first-order valence-corrected chi connectivity index (χ1v) is 9.72. The number of aromatic nitrogens is 1. The Morgan fingerprint density at radius 1 is 1.09 bits per heavy atom. The number of benzene rings is 2. The van der Waals surface area contributed by atoms with Gasteiger partial charge in [0.1, 0.15) is 11.5 Å². The Labute approximate surface area is 184 Å². The molecule has 9 heteroatoms. The van der Waals surface area contributed by atoms with Crippen LogP contribution in [0.5, 0.6) is 0 Å². The van der Waals surface area contributed by atoms with Crippen LogP contribution in [0.15, 0.2) is 66.9 Å². The van der Waals surface area contributed by atoms with E-state index in [0.717, 1.165) is 5.06 Å². The quantitative estimate of drug-likeness (QED) is 0.404. The molecular weight excluding hydrogens is 413 g/mol. The van der Waals surface area contributed by atoms with Crippen LogP contribution in [0.3, 0.4) is 0 Å². The van der Waals surface area contributed by atoms with E-state index in [1.54, 1.807) is 48.6 Å². The van der Waals surface area contributed by atoms with Gasteiger partial charge in [0.15, 0.2) is 0 Å². The number of urea groups is 1. The molecule has 5 N–H and O–H groups in total. The van der Waals surface area contributed by atoms with Crippen molar-refractivity contribution in [2.75, 3.05) is 23.5 Å². The van der Waals surface area contributed by atoms with Gasteiger partial charge in [-0.1, -0.05) is 30.4 Å². The van der Waals surface area contributed by atoms with Gasteiger partial charge in [-0.25, -0.2) is 9.18 Å². The minimum absolute atomic E-state index is 0.117. The minimum Gasteiger partial charge on any atom is -0.364 e. The zero-order chi connectivity index (χ0) is 22.9. The van der Waals surface area contributed by atoms with Crippen LogP contribution in [-0.2, 0) is 0 Å². The van der Waals surface area contributed by atoms with Gasteiger partial charge in [0.25, 0.3) is 5.91 Å². The van der Waals surface area contributed by atoms with E-state index in [1.807, 2.05) is 6.07 Å². The lowest BCUT2D eigenvalue weighted by Crippen LogP contribution is -2.35. The van der Waals surface area contributed by atoms with Crippen LogP contribution in [0.2, 0.25) is 0 Å². The van der Waals surface area contributed by atoms with Crippen molar-refractivity contribution in [3.63, 3.8) is 0 Å². The topological polar surface area (TPSA) is 121 Å². The molecule has 8 nitrogen and oxygen atoms in total. The molecule has 0 aliphatic rings. The molecule has 1 heterocycles. The maximum absolute atomic E-state index is 14.4. The summed E-state index contributed by atoms with van der Waals surface area (Å²) >= 11 is 0. The molecule has 3 amide bonds. The van der Waals surface area contributed by atoms with Crippen molar-refractivity contribution in [2.45, 2.75) is 0 Å². The van der Waals surface area contributed by atoms with E-state index in [9.17, 15) is 19.2 Å². The molecular formula is C23H22FN5O3. The lowest BCUT2D eigenvalue weighted by atomic mass is 10.1. The van der Waals surface area contributed by atoms with E-state index in [-0.39, 0.29) is 24.5 Å². The number of halogens is 1. The van der Waals surface area contributed by atoms with Crippen LogP contribution in [0.25, 0.3) is 12.2 Å². The highest BCUT2D eigenvalue weighted by Gasteiger charge is 2.07. The van der Waals surface area contributed by atoms with Crippen LogP contribution < -0.4 is 21.4 Å². The molecule has 1 aromatic heterocycles. The number of pyridine rings is 1. The molecule has 3 aromatic rings. The van der Waals surface area contributed by atoms with Gasteiger partial charge in [-0.15, -0.1) is 0 Å². The fourth-order valence-electron chi connectivity index (χ4n) is 2.79. The predicted molar refractivity (Wildman–Crippen MR) is 121 cm³/mol. The van der Waals surface area contributed by atoms with Crippen LogP contribution >= 0.6 is 0 Å². The van der Waals surface area contributed by atoms with Crippen molar-refractivity contribution in [2.24, 2.45) is 5.73 Å². The number of amides is 3. The van der Waals surface area contributed by atoms with Gasteiger partial charge in [-0.3, -0.25) is 20.0 Å². The number of hydrogen-bond acceptors (Lipinski definition) is 5. The third kappa shape index (κ3) is 6.38. The zero-order valence-corrected chi connectivity index (χ0v) is 17.0. The average molecular weight is 435 g/mol. The Hall–Kier alpha value is -4.24. The second-order valence-electron chi connectivity index (χ2n) is 6.75. The fourth-order valence-corrected chi connectivity index (χ4v) is 2.79. The summed E-state index contributed by atoms with van der Waals surface area (Å²) in [5.41, 5.74) is 7.15. The van der Waals surface area contributed by atoms with E-state index in [2.05, 4.69) is 15.6 Å². The van der Waals surface area contributed by atoms with Crippen molar-refractivity contribution in [1.82, 2.24) is 10.3 Å². The molecule has 3 rings (SSSR count). The molecule has 32 heavy (non-hydrogen) atoms. The number of anilines is 2. The SMILES string of the molecule is NC(=O)c1cc(C=Cc2ccc(NC(=O)NCCN(O)c3ccccc3)cc2F)ccn1. The number of hydroxylamine groups is 1. The van der Waals surface area contributed by atoms with Crippen LogP contribution in [-0.4, -0.2) is 35.2 Å². The number of nitrogens with one attached hydrogen (secondary N) is 2. The van der Waals surface area contributed by atoms with Gasteiger partial charge in [-0.2, -0.15) is 0 Å². The molecule has 0 saturated carbocycles. The van der Waals surface area contributed by atoms with Crippen molar-refractivity contribution in [1.29, 1.82) is 0 Å². The highest BCUT2D eigenvalue weighted by atomic mass is 19.1. The molecule has 2 aromatic carbocycles. The summed E-state index contributed by atoms with van der Waals surface area (Å²) in [6.45, 7) is 0.363. The first kappa shape index (κ1) is 22.4. The van der Waals surface area contributed by atoms with Crippen molar-refractivity contribution in [3.05, 3.63) is 89.5 Å². The van der Waals surface area contributed by atoms with Crippen LogP contribution in [0.1, 0.15) is 21.6 Å². The van der Waals surface area contributed by atoms with Gasteiger partial charge in [0.2, 0.25) is 0 Å². The number of carbonyl (C=O) groups excluding carboxylic acids is 2. The molecule has 0 unspecified atom stereocenters. The van der Waals surface area contributed by atoms with E-state index in [4.69, 9.17) is 5.73 Å². The van der Waals surface area contributed by atoms with Gasteiger partial charge >= 0.3 is 6.03 Å². The van der Waals surface area contributed by atoms with Crippen LogP contribution in [0.4, 0.5) is 20.6 Å². The summed E-state index contributed by atoms with van der Waals surface area (Å²) in [7, 11) is 0. The lowest BCUT2D eigenvalue weighted by molar-refractivity contribution is 0.0995. The highest BCUT2D eigenvalue weighted by Crippen LogP contribution is 2.17. The summed E-state index contributed by atoms with van der Waals surface area (Å²) in [5, 5.41) is 16.1. The maximum Gasteiger partial charge on any atom is 0.319 e. The first-order valence-electron chi connectivity index (χ1n) is 9.72. The molecule has 0 spiro atoms. The first-order chi connectivity index (χ1) is 15.4. The van der Waals surface area contributed by atoms with Crippen molar-refractivity contribution >= 4 is 35.5 Å². The lowest BCUT2D eigenvalue weighted by Gasteiger charge is -2.17. The predicted octanol–water partition coefficient (Wildman–Crippen LogP) is 3.51. The van der Waals surface area contributed by atoms with Gasteiger partial charge in [0, 0.05) is 24.0 Å². The summed E-state index contributed by atoms with van der Waals surface area (Å²) in [4.78, 5) is 27.1. The van der Waals surface area contributed by atoms with Gasteiger partial charge in [-0.05, 0) is 48.0 Å². The van der Waals surface area contributed by atoms with Crippen molar-refractivity contribution in [3.8, 4) is 0 Å². The second kappa shape index (κ2) is 10.7. The Kier molecular flexibility index (Phi) is 7.50. The standard InChI is InChI=1S/C23H22FN5O3/c24-20-15-18(28-23(31)27-12-13-29(32)19-4-2-1-3-5-19)9-8-17(20)7-6-16-10-11-26-21(14-16)22(25)30/h1-11,14-15,32H,12-13H2,(H2,25,30)(H2,27,28,31). The molecule has 0 aliphatic carbocycles. The number of para-hydroxylation sites is 1. The van der Waals surface area contributed by atoms with Crippen LogP contribution in [0, 0.1) is 5.82 Å². The Bertz CT molecular complexity index is 1120. The van der Waals surface area contributed by atoms with E-state index < -0.39 is 17.8 Å². The number of nitrogens with two attached hydrogens (primary N) is 1. The Balaban J connectivity index is 1.52. The second-order valence-corrected chi connectivity index (χ2v) is 6.75. The molecule has 0 fully saturated rings. The summed E-state index contributed by atoms with van der Waals surface area (Å²) in [6.07, 6.45) is 4.61. The maximum atomic E-state index is 14.4. The fraction of sp³-hybridized carbons (Fsp3) is 0.0870. The number of carbonyl (C=O) groups is 2. The van der Waals surface area contributed by atoms with E-state index in [1.165, 1.54) is 24.4 Å². The number of nitrogens with zero attached hydrogens (tertiary/aromatic N) is 2. The summed E-state index contributed by atoms with van der Waals surface area (Å²) in [6, 6.07) is 15.8. The molecule has 0 bridgehead atoms. The zero-order valence-electron chi connectivity index (χ0n) is 17.0. The molecule has 164 valence electrons. The van der Waals surface area contributed by atoms with Crippen molar-refractivity contribution < 1.29 is 19.2 Å². The molecule has 0 aliphatic heterocycles. The third-order valence-corrected chi connectivity index (χ3v) is 4.41. The van der Waals surface area contributed by atoms with E-state index in [0.29, 0.717) is 16.8 Å². The smallest absolute Gasteiger partial charge is 0.319 e. The molecule has 0 atom stereocenters.